The average molecular weight is 452 g/mol. The third-order valence-corrected chi connectivity index (χ3v) is 6.04. The van der Waals surface area contributed by atoms with E-state index in [-0.39, 0.29) is 5.69 Å². The first kappa shape index (κ1) is 21.7. The van der Waals surface area contributed by atoms with Crippen LogP contribution in [0, 0.1) is 10.1 Å². The third-order valence-electron chi connectivity index (χ3n) is 5.00. The Morgan fingerprint density at radius 1 is 1.19 bits per heavy atom. The summed E-state index contributed by atoms with van der Waals surface area (Å²) in [4.78, 5) is 29.0. The van der Waals surface area contributed by atoms with Crippen LogP contribution in [0.3, 0.4) is 0 Å². The van der Waals surface area contributed by atoms with E-state index in [0.29, 0.717) is 40.6 Å². The van der Waals surface area contributed by atoms with Gasteiger partial charge in [-0.2, -0.15) is 4.99 Å². The van der Waals surface area contributed by atoms with Gasteiger partial charge in [0.25, 0.3) is 11.6 Å². The summed E-state index contributed by atoms with van der Waals surface area (Å²) in [5.41, 5.74) is 1.14. The summed E-state index contributed by atoms with van der Waals surface area (Å²) in [5, 5.41) is 12.9. The average Bonchev–Trinajstić information content (AvgIpc) is 3.13. The number of amides is 1. The summed E-state index contributed by atoms with van der Waals surface area (Å²) in [6.45, 7) is 3.13. The lowest BCUT2D eigenvalue weighted by atomic mass is 10.0. The van der Waals surface area contributed by atoms with Crippen LogP contribution in [0.2, 0.25) is 0 Å². The van der Waals surface area contributed by atoms with Crippen molar-refractivity contribution in [3.8, 4) is 5.75 Å². The number of nitro benzene ring substituents is 1. The van der Waals surface area contributed by atoms with E-state index in [0.717, 1.165) is 16.3 Å². The molecule has 9 heteroatoms. The lowest BCUT2D eigenvalue weighted by Gasteiger charge is -2.11. The van der Waals surface area contributed by atoms with E-state index in [4.69, 9.17) is 9.47 Å². The number of hydrogen-bond donors (Lipinski definition) is 0. The van der Waals surface area contributed by atoms with Crippen LogP contribution in [-0.4, -0.2) is 35.7 Å². The van der Waals surface area contributed by atoms with E-state index in [2.05, 4.69) is 4.99 Å². The standard InChI is InChI=1S/C23H21N3O5S/c1-3-31-19-11-8-15-6-4-5-7-17(15)21(19)22(27)24-23-25(12-13-30-2)18-10-9-16(26(28)29)14-20(18)32-23/h4-11,14H,3,12-13H2,1-2H3. The highest BCUT2D eigenvalue weighted by atomic mass is 32.1. The highest BCUT2D eigenvalue weighted by Crippen LogP contribution is 2.29. The first-order valence-corrected chi connectivity index (χ1v) is 10.9. The minimum Gasteiger partial charge on any atom is -0.493 e. The molecule has 0 fully saturated rings. The Labute approximate surface area is 187 Å². The number of benzene rings is 3. The molecule has 0 aliphatic rings. The largest absolute Gasteiger partial charge is 0.493 e. The predicted octanol–water partition coefficient (Wildman–Crippen LogP) is 4.55. The van der Waals surface area contributed by atoms with Gasteiger partial charge in [-0.25, -0.2) is 0 Å². The fraction of sp³-hybridized carbons (Fsp3) is 0.217. The Hall–Kier alpha value is -3.56. The smallest absolute Gasteiger partial charge is 0.284 e. The molecule has 0 saturated heterocycles. The van der Waals surface area contributed by atoms with E-state index in [1.165, 1.54) is 23.5 Å². The van der Waals surface area contributed by atoms with Crippen molar-refractivity contribution in [3.63, 3.8) is 0 Å². The Morgan fingerprint density at radius 2 is 2.00 bits per heavy atom. The van der Waals surface area contributed by atoms with Crippen molar-refractivity contribution in [1.29, 1.82) is 0 Å². The van der Waals surface area contributed by atoms with Crippen LogP contribution in [0.4, 0.5) is 5.69 Å². The first-order chi connectivity index (χ1) is 15.5. The monoisotopic (exact) mass is 451 g/mol. The maximum atomic E-state index is 13.4. The van der Waals surface area contributed by atoms with Gasteiger partial charge in [-0.3, -0.25) is 14.9 Å². The molecule has 0 bridgehead atoms. The maximum absolute atomic E-state index is 13.4. The minimum atomic E-state index is -0.439. The van der Waals surface area contributed by atoms with Gasteiger partial charge in [-0.15, -0.1) is 0 Å². The normalized spacial score (nSPS) is 11.9. The number of non-ortho nitro benzene ring substituents is 1. The number of carbonyl (C=O) groups is 1. The van der Waals surface area contributed by atoms with Crippen molar-refractivity contribution in [2.45, 2.75) is 13.5 Å². The molecule has 164 valence electrons. The Bertz CT molecular complexity index is 1390. The van der Waals surface area contributed by atoms with Gasteiger partial charge in [-0.1, -0.05) is 41.7 Å². The van der Waals surface area contributed by atoms with Crippen LogP contribution >= 0.6 is 11.3 Å². The summed E-state index contributed by atoms with van der Waals surface area (Å²) in [7, 11) is 1.59. The molecule has 0 N–H and O–H groups in total. The van der Waals surface area contributed by atoms with Crippen LogP contribution in [0.15, 0.2) is 59.6 Å². The molecule has 0 atom stereocenters. The maximum Gasteiger partial charge on any atom is 0.284 e. The van der Waals surface area contributed by atoms with Gasteiger partial charge in [0, 0.05) is 25.8 Å². The topological polar surface area (TPSA) is 96.0 Å². The molecule has 0 spiro atoms. The van der Waals surface area contributed by atoms with Gasteiger partial charge in [0.2, 0.25) is 0 Å². The van der Waals surface area contributed by atoms with Crippen LogP contribution < -0.4 is 9.54 Å². The molecule has 1 aromatic heterocycles. The van der Waals surface area contributed by atoms with Gasteiger partial charge in [0.15, 0.2) is 4.80 Å². The number of thiazole rings is 1. The van der Waals surface area contributed by atoms with E-state index < -0.39 is 10.8 Å². The number of carbonyl (C=O) groups excluding carboxylic acids is 1. The van der Waals surface area contributed by atoms with Crippen molar-refractivity contribution < 1.29 is 19.2 Å². The fourth-order valence-corrected chi connectivity index (χ4v) is 4.64. The highest BCUT2D eigenvalue weighted by Gasteiger charge is 2.18. The molecular weight excluding hydrogens is 430 g/mol. The molecule has 4 aromatic rings. The molecule has 8 nitrogen and oxygen atoms in total. The molecule has 1 heterocycles. The molecule has 1 amide bonds. The number of nitro groups is 1. The van der Waals surface area contributed by atoms with Crippen LogP contribution in [0.5, 0.6) is 5.75 Å². The summed E-state index contributed by atoms with van der Waals surface area (Å²) in [6, 6.07) is 15.9. The number of rotatable bonds is 7. The van der Waals surface area contributed by atoms with Crippen LogP contribution in [-0.2, 0) is 11.3 Å². The summed E-state index contributed by atoms with van der Waals surface area (Å²) >= 11 is 1.23. The van der Waals surface area contributed by atoms with Crippen molar-refractivity contribution in [1.82, 2.24) is 4.57 Å². The molecule has 0 radical (unpaired) electrons. The van der Waals surface area contributed by atoms with E-state index in [1.807, 2.05) is 41.8 Å². The summed E-state index contributed by atoms with van der Waals surface area (Å²) in [6.07, 6.45) is 0. The highest BCUT2D eigenvalue weighted by molar-refractivity contribution is 7.16. The molecule has 0 saturated carbocycles. The van der Waals surface area contributed by atoms with Crippen molar-refractivity contribution in [3.05, 3.63) is 75.1 Å². The van der Waals surface area contributed by atoms with E-state index in [9.17, 15) is 14.9 Å². The Kier molecular flexibility index (Phi) is 6.29. The number of hydrogen-bond acceptors (Lipinski definition) is 6. The predicted molar refractivity (Wildman–Crippen MR) is 123 cm³/mol. The Balaban J connectivity index is 1.91. The zero-order valence-electron chi connectivity index (χ0n) is 17.6. The molecule has 3 aromatic carbocycles. The molecule has 0 unspecified atom stereocenters. The molecule has 0 aliphatic heterocycles. The molecular formula is C23H21N3O5S. The second kappa shape index (κ2) is 9.29. The fourth-order valence-electron chi connectivity index (χ4n) is 3.55. The van der Waals surface area contributed by atoms with Crippen molar-refractivity contribution in [2.75, 3.05) is 20.3 Å². The second-order valence-corrected chi connectivity index (χ2v) is 7.96. The number of aromatic nitrogens is 1. The molecule has 4 rings (SSSR count). The van der Waals surface area contributed by atoms with Crippen molar-refractivity contribution in [2.24, 2.45) is 4.99 Å². The Morgan fingerprint density at radius 3 is 2.75 bits per heavy atom. The zero-order valence-corrected chi connectivity index (χ0v) is 18.4. The lowest BCUT2D eigenvalue weighted by Crippen LogP contribution is -2.19. The van der Waals surface area contributed by atoms with Crippen molar-refractivity contribution >= 4 is 43.9 Å². The number of methoxy groups -OCH3 is 1. The SMILES string of the molecule is CCOc1ccc2ccccc2c1C(=O)N=c1sc2cc([N+](=O)[O-])ccc2n1CCOC. The minimum absolute atomic E-state index is 0.0109. The number of ether oxygens (including phenoxy) is 2. The second-order valence-electron chi connectivity index (χ2n) is 6.95. The summed E-state index contributed by atoms with van der Waals surface area (Å²) in [5.74, 6) is 0.0395. The summed E-state index contributed by atoms with van der Waals surface area (Å²) < 4.78 is 13.4. The third kappa shape index (κ3) is 4.12. The van der Waals surface area contributed by atoms with Crippen LogP contribution in [0.1, 0.15) is 17.3 Å². The van der Waals surface area contributed by atoms with Gasteiger partial charge >= 0.3 is 0 Å². The van der Waals surface area contributed by atoms with Gasteiger partial charge in [0.1, 0.15) is 5.75 Å². The number of fused-ring (bicyclic) bond motifs is 2. The van der Waals surface area contributed by atoms with Gasteiger partial charge in [-0.05, 0) is 29.8 Å². The first-order valence-electron chi connectivity index (χ1n) is 10.0. The number of nitrogens with zero attached hydrogens (tertiary/aromatic N) is 3. The van der Waals surface area contributed by atoms with Gasteiger partial charge < -0.3 is 14.0 Å². The molecule has 32 heavy (non-hydrogen) atoms. The molecule has 0 aliphatic carbocycles. The lowest BCUT2D eigenvalue weighted by molar-refractivity contribution is -0.384. The van der Waals surface area contributed by atoms with E-state index >= 15 is 0 Å². The van der Waals surface area contributed by atoms with Gasteiger partial charge in [0.05, 0.1) is 33.9 Å². The van der Waals surface area contributed by atoms with E-state index in [1.54, 1.807) is 19.2 Å². The zero-order chi connectivity index (χ0) is 22.7. The van der Waals surface area contributed by atoms with Crippen LogP contribution in [0.25, 0.3) is 21.0 Å². The quantitative estimate of drug-likeness (QED) is 0.303.